The average molecular weight is 481 g/mol. The second-order valence-corrected chi connectivity index (χ2v) is 10.4. The molecule has 8 nitrogen and oxygen atoms in total. The van der Waals surface area contributed by atoms with E-state index in [9.17, 15) is 4.39 Å². The van der Waals surface area contributed by atoms with Crippen molar-refractivity contribution in [2.75, 3.05) is 45.3 Å². The molecule has 6 rings (SSSR count). The molecule has 3 aliphatic rings. The number of methoxy groups -OCH3 is 1. The highest BCUT2D eigenvalue weighted by Gasteiger charge is 2.41. The summed E-state index contributed by atoms with van der Waals surface area (Å²) in [6.45, 7) is 5.44. The number of benzene rings is 1. The van der Waals surface area contributed by atoms with Crippen LogP contribution in [0.4, 0.5) is 10.2 Å². The molecule has 1 saturated carbocycles. The number of rotatable bonds is 6. The van der Waals surface area contributed by atoms with Crippen LogP contribution in [0.1, 0.15) is 25.7 Å². The van der Waals surface area contributed by atoms with Crippen LogP contribution in [0.2, 0.25) is 0 Å². The van der Waals surface area contributed by atoms with Gasteiger partial charge in [0.05, 0.1) is 18.3 Å². The number of nitrogens with zero attached hydrogens (tertiary/aromatic N) is 5. The molecule has 2 aromatic heterocycles. The minimum absolute atomic E-state index is 0.354. The Labute approximate surface area is 204 Å². The quantitative estimate of drug-likeness (QED) is 0.576. The molecule has 0 amide bonds. The van der Waals surface area contributed by atoms with Gasteiger partial charge in [-0.2, -0.15) is 5.10 Å². The van der Waals surface area contributed by atoms with Crippen molar-refractivity contribution >= 4 is 16.7 Å². The van der Waals surface area contributed by atoms with Crippen molar-refractivity contribution in [3.63, 3.8) is 0 Å². The number of hydrogen-bond donors (Lipinski definition) is 1. The molecule has 35 heavy (non-hydrogen) atoms. The fourth-order valence-electron chi connectivity index (χ4n) is 6.28. The van der Waals surface area contributed by atoms with Gasteiger partial charge in [-0.3, -0.25) is 4.68 Å². The SMILES string of the molecule is COc1cc(-c2cc3cn(C)nc3cc2F)nnc1NC1C[C@@H]2CN(CC3CCOCC3)C[C@@H]2C1. The third-order valence-electron chi connectivity index (χ3n) is 7.99. The molecular formula is C26H33FN6O2. The van der Waals surface area contributed by atoms with Gasteiger partial charge < -0.3 is 19.7 Å². The van der Waals surface area contributed by atoms with Gasteiger partial charge in [-0.15, -0.1) is 10.2 Å². The summed E-state index contributed by atoms with van der Waals surface area (Å²) in [7, 11) is 3.44. The fourth-order valence-corrected chi connectivity index (χ4v) is 6.28. The zero-order valence-electron chi connectivity index (χ0n) is 20.4. The smallest absolute Gasteiger partial charge is 0.191 e. The average Bonchev–Trinajstić information content (AvgIpc) is 3.51. The highest BCUT2D eigenvalue weighted by atomic mass is 19.1. The zero-order valence-corrected chi connectivity index (χ0v) is 20.4. The Morgan fingerprint density at radius 3 is 2.63 bits per heavy atom. The first-order chi connectivity index (χ1) is 17.1. The van der Waals surface area contributed by atoms with Crippen molar-refractivity contribution in [3.8, 4) is 17.0 Å². The normalized spacial score (nSPS) is 25.3. The molecule has 3 aromatic rings. The van der Waals surface area contributed by atoms with Gasteiger partial charge in [0.2, 0.25) is 0 Å². The first-order valence-electron chi connectivity index (χ1n) is 12.7. The van der Waals surface area contributed by atoms with Crippen molar-refractivity contribution in [3.05, 3.63) is 30.2 Å². The van der Waals surface area contributed by atoms with E-state index in [4.69, 9.17) is 9.47 Å². The van der Waals surface area contributed by atoms with Gasteiger partial charge in [-0.25, -0.2) is 4.39 Å². The Hall–Kier alpha value is -2.78. The summed E-state index contributed by atoms with van der Waals surface area (Å²) >= 11 is 0. The Morgan fingerprint density at radius 1 is 1.11 bits per heavy atom. The molecule has 1 aliphatic carbocycles. The van der Waals surface area contributed by atoms with E-state index in [1.54, 1.807) is 23.9 Å². The first-order valence-corrected chi connectivity index (χ1v) is 12.7. The minimum atomic E-state index is -0.373. The lowest BCUT2D eigenvalue weighted by Gasteiger charge is -2.27. The Bertz CT molecular complexity index is 1200. The van der Waals surface area contributed by atoms with E-state index in [1.165, 1.54) is 38.5 Å². The predicted molar refractivity (Wildman–Crippen MR) is 132 cm³/mol. The molecule has 2 aliphatic heterocycles. The molecule has 1 unspecified atom stereocenters. The number of halogens is 1. The Morgan fingerprint density at radius 2 is 1.89 bits per heavy atom. The summed E-state index contributed by atoms with van der Waals surface area (Å²) in [5, 5.41) is 17.4. The minimum Gasteiger partial charge on any atom is -0.493 e. The van der Waals surface area contributed by atoms with Crippen molar-refractivity contribution in [2.45, 2.75) is 31.7 Å². The van der Waals surface area contributed by atoms with Crippen molar-refractivity contribution in [2.24, 2.45) is 24.8 Å². The lowest BCUT2D eigenvalue weighted by atomic mass is 10.00. The molecule has 1 aromatic carbocycles. The third kappa shape index (κ3) is 4.59. The summed E-state index contributed by atoms with van der Waals surface area (Å²) in [5.74, 6) is 3.08. The van der Waals surface area contributed by atoms with Gasteiger partial charge in [0, 0.05) is 75.2 Å². The molecular weight excluding hydrogens is 447 g/mol. The summed E-state index contributed by atoms with van der Waals surface area (Å²) in [6.07, 6.45) is 6.52. The topological polar surface area (TPSA) is 77.3 Å². The molecule has 3 atom stereocenters. The van der Waals surface area contributed by atoms with Crippen molar-refractivity contribution in [1.29, 1.82) is 0 Å². The van der Waals surface area contributed by atoms with Crippen LogP contribution in [0, 0.1) is 23.6 Å². The highest BCUT2D eigenvalue weighted by Crippen LogP contribution is 2.41. The van der Waals surface area contributed by atoms with E-state index in [1.807, 2.05) is 13.2 Å². The maximum Gasteiger partial charge on any atom is 0.191 e. The van der Waals surface area contributed by atoms with E-state index in [0.29, 0.717) is 34.4 Å². The van der Waals surface area contributed by atoms with E-state index >= 15 is 0 Å². The number of hydrogen-bond acceptors (Lipinski definition) is 7. The highest BCUT2D eigenvalue weighted by molar-refractivity contribution is 5.84. The predicted octanol–water partition coefficient (Wildman–Crippen LogP) is 3.73. The van der Waals surface area contributed by atoms with Gasteiger partial charge in [-0.1, -0.05) is 0 Å². The van der Waals surface area contributed by atoms with Crippen LogP contribution in [0.25, 0.3) is 22.2 Å². The van der Waals surface area contributed by atoms with E-state index < -0.39 is 0 Å². The van der Waals surface area contributed by atoms with Gasteiger partial charge in [-0.05, 0) is 49.5 Å². The maximum absolute atomic E-state index is 14.8. The van der Waals surface area contributed by atoms with Crippen LogP contribution in [0.3, 0.4) is 0 Å². The van der Waals surface area contributed by atoms with Crippen LogP contribution in [0.15, 0.2) is 24.4 Å². The number of likely N-dealkylation sites (tertiary alicyclic amines) is 1. The van der Waals surface area contributed by atoms with Crippen molar-refractivity contribution in [1.82, 2.24) is 24.9 Å². The number of fused-ring (bicyclic) bond motifs is 2. The summed E-state index contributed by atoms with van der Waals surface area (Å²) in [4.78, 5) is 2.67. The second kappa shape index (κ2) is 9.35. The number of aromatic nitrogens is 4. The van der Waals surface area contributed by atoms with Gasteiger partial charge in [0.15, 0.2) is 11.6 Å². The molecule has 3 fully saturated rings. The van der Waals surface area contributed by atoms with Crippen LogP contribution in [0.5, 0.6) is 5.75 Å². The van der Waals surface area contributed by atoms with E-state index in [0.717, 1.165) is 49.2 Å². The molecule has 0 bridgehead atoms. The van der Waals surface area contributed by atoms with Gasteiger partial charge in [0.1, 0.15) is 5.82 Å². The summed E-state index contributed by atoms with van der Waals surface area (Å²) in [6, 6.07) is 5.32. The van der Waals surface area contributed by atoms with Crippen LogP contribution >= 0.6 is 0 Å². The lowest BCUT2D eigenvalue weighted by Crippen LogP contribution is -2.32. The molecule has 1 N–H and O–H groups in total. The van der Waals surface area contributed by atoms with Crippen LogP contribution < -0.4 is 10.1 Å². The third-order valence-corrected chi connectivity index (χ3v) is 7.99. The summed E-state index contributed by atoms with van der Waals surface area (Å²) in [5.41, 5.74) is 1.45. The Balaban J connectivity index is 1.12. The molecule has 0 radical (unpaired) electrons. The molecule has 2 saturated heterocycles. The largest absolute Gasteiger partial charge is 0.493 e. The number of anilines is 1. The van der Waals surface area contributed by atoms with Gasteiger partial charge >= 0.3 is 0 Å². The second-order valence-electron chi connectivity index (χ2n) is 10.4. The van der Waals surface area contributed by atoms with Crippen LogP contribution in [-0.2, 0) is 11.8 Å². The fraction of sp³-hybridized carbons (Fsp3) is 0.577. The monoisotopic (exact) mass is 480 g/mol. The molecule has 4 heterocycles. The number of nitrogens with one attached hydrogen (secondary N) is 1. The van der Waals surface area contributed by atoms with Gasteiger partial charge in [0.25, 0.3) is 0 Å². The first kappa shape index (κ1) is 22.7. The molecule has 0 spiro atoms. The molecule has 9 heteroatoms. The zero-order chi connectivity index (χ0) is 23.9. The maximum atomic E-state index is 14.8. The van der Waals surface area contributed by atoms with Crippen molar-refractivity contribution < 1.29 is 13.9 Å². The lowest BCUT2D eigenvalue weighted by molar-refractivity contribution is 0.0545. The number of aryl methyl sites for hydroxylation is 1. The number of ether oxygens (including phenoxy) is 2. The van der Waals surface area contributed by atoms with Crippen LogP contribution in [-0.4, -0.2) is 70.9 Å². The standard InChI is InChI=1S/C26H33FN6O2/c1-32-13-19-9-21(22(27)10-23(19)31-32)24-11-25(34-2)26(30-29-24)28-20-7-17-14-33(15-18(17)8-20)12-16-3-5-35-6-4-16/h9-11,13,16-18,20H,3-8,12,14-15H2,1-2H3,(H,28,30)/t17-,18+,20?. The summed E-state index contributed by atoms with van der Waals surface area (Å²) < 4.78 is 27.6. The van der Waals surface area contributed by atoms with E-state index in [-0.39, 0.29) is 5.82 Å². The van der Waals surface area contributed by atoms with E-state index in [2.05, 4.69) is 25.5 Å². The molecule has 186 valence electrons. The Kier molecular flexibility index (Phi) is 6.06.